The van der Waals surface area contributed by atoms with Gasteiger partial charge in [-0.05, 0) is 49.8 Å². The maximum absolute atomic E-state index is 13.3. The maximum Gasteiger partial charge on any atom is 0.317 e. The van der Waals surface area contributed by atoms with Crippen molar-refractivity contribution >= 4 is 6.03 Å². The molecule has 1 aliphatic rings. The van der Waals surface area contributed by atoms with Gasteiger partial charge < -0.3 is 10.2 Å². The van der Waals surface area contributed by atoms with E-state index in [2.05, 4.69) is 15.4 Å². The van der Waals surface area contributed by atoms with Crippen LogP contribution in [0.3, 0.4) is 0 Å². The van der Waals surface area contributed by atoms with Crippen molar-refractivity contribution in [1.29, 1.82) is 0 Å². The average molecular weight is 345 g/mol. The van der Waals surface area contributed by atoms with Crippen LogP contribution in [0, 0.1) is 11.7 Å². The van der Waals surface area contributed by atoms with Crippen LogP contribution in [0.2, 0.25) is 0 Å². The van der Waals surface area contributed by atoms with Crippen molar-refractivity contribution < 1.29 is 9.18 Å². The molecular formula is C18H24FN5O. The smallest absolute Gasteiger partial charge is 0.317 e. The number of carbonyl (C=O) groups excluding carboxylic acids is 1. The molecule has 1 aliphatic heterocycles. The zero-order valence-corrected chi connectivity index (χ0v) is 14.7. The van der Waals surface area contributed by atoms with Crippen molar-refractivity contribution in [3.8, 4) is 0 Å². The summed E-state index contributed by atoms with van der Waals surface area (Å²) in [7, 11) is 1.81. The number of piperidine rings is 1. The molecule has 25 heavy (non-hydrogen) atoms. The number of aromatic nitrogens is 3. The van der Waals surface area contributed by atoms with E-state index in [1.807, 2.05) is 24.9 Å². The molecule has 1 atom stereocenters. The Kier molecular flexibility index (Phi) is 5.31. The number of halogens is 1. The van der Waals surface area contributed by atoms with E-state index >= 15 is 0 Å². The second kappa shape index (κ2) is 7.63. The molecule has 1 unspecified atom stereocenters. The first-order chi connectivity index (χ1) is 12.0. The van der Waals surface area contributed by atoms with Crippen LogP contribution in [-0.4, -0.2) is 38.8 Å². The van der Waals surface area contributed by atoms with Crippen molar-refractivity contribution in [3.63, 3.8) is 0 Å². The van der Waals surface area contributed by atoms with Crippen molar-refractivity contribution in [1.82, 2.24) is 25.0 Å². The molecule has 7 heteroatoms. The van der Waals surface area contributed by atoms with Gasteiger partial charge in [0.25, 0.3) is 0 Å². The molecule has 1 saturated heterocycles. The normalized spacial score (nSPS) is 16.7. The number of nitrogens with one attached hydrogen (secondary N) is 1. The Morgan fingerprint density at radius 3 is 2.80 bits per heavy atom. The Labute approximate surface area is 147 Å². The first kappa shape index (κ1) is 17.4. The van der Waals surface area contributed by atoms with Crippen LogP contribution in [-0.2, 0) is 13.5 Å². The minimum atomic E-state index is -0.190. The van der Waals surface area contributed by atoms with Gasteiger partial charge in [-0.2, -0.15) is 5.10 Å². The van der Waals surface area contributed by atoms with E-state index in [0.29, 0.717) is 5.92 Å². The number of likely N-dealkylation sites (tertiary alicyclic amines) is 1. The van der Waals surface area contributed by atoms with E-state index in [1.54, 1.807) is 16.8 Å². The third-order valence-electron chi connectivity index (χ3n) is 4.79. The Morgan fingerprint density at radius 2 is 2.16 bits per heavy atom. The summed E-state index contributed by atoms with van der Waals surface area (Å²) < 4.78 is 14.9. The van der Waals surface area contributed by atoms with Crippen molar-refractivity contribution in [2.24, 2.45) is 13.0 Å². The topological polar surface area (TPSA) is 63.1 Å². The molecular weight excluding hydrogens is 321 g/mol. The predicted molar refractivity (Wildman–Crippen MR) is 92.4 cm³/mol. The summed E-state index contributed by atoms with van der Waals surface area (Å²) in [5, 5.41) is 7.01. The molecule has 134 valence electrons. The van der Waals surface area contributed by atoms with E-state index in [4.69, 9.17) is 0 Å². The van der Waals surface area contributed by atoms with Gasteiger partial charge in [-0.3, -0.25) is 4.68 Å². The quantitative estimate of drug-likeness (QED) is 0.927. The Bertz CT molecular complexity index is 724. The summed E-state index contributed by atoms with van der Waals surface area (Å²) in [4.78, 5) is 18.4. The number of urea groups is 1. The van der Waals surface area contributed by atoms with E-state index in [9.17, 15) is 9.18 Å². The Balaban J connectivity index is 1.48. The van der Waals surface area contributed by atoms with Gasteiger partial charge in [0.05, 0.1) is 6.04 Å². The number of carbonyl (C=O) groups is 1. The highest BCUT2D eigenvalue weighted by atomic mass is 19.1. The number of benzene rings is 1. The standard InChI is InChI=1S/C18H24FN5O/c1-13(17-20-12-21-23(17)2)22-18(25)24-8-6-14(7-9-24)10-15-4-3-5-16(19)11-15/h3-5,11-14H,6-10H2,1-2H3,(H,22,25). The largest absolute Gasteiger partial charge is 0.328 e. The lowest BCUT2D eigenvalue weighted by molar-refractivity contribution is 0.167. The first-order valence-electron chi connectivity index (χ1n) is 8.66. The molecule has 6 nitrogen and oxygen atoms in total. The fourth-order valence-corrected chi connectivity index (χ4v) is 3.38. The van der Waals surface area contributed by atoms with Gasteiger partial charge in [0.2, 0.25) is 0 Å². The van der Waals surface area contributed by atoms with Gasteiger partial charge >= 0.3 is 6.03 Å². The molecule has 0 bridgehead atoms. The number of rotatable bonds is 4. The van der Waals surface area contributed by atoms with Gasteiger partial charge in [0.1, 0.15) is 18.0 Å². The summed E-state index contributed by atoms with van der Waals surface area (Å²) in [6.45, 7) is 3.34. The van der Waals surface area contributed by atoms with Gasteiger partial charge in [-0.15, -0.1) is 0 Å². The number of amides is 2. The SMILES string of the molecule is CC(NC(=O)N1CCC(Cc2cccc(F)c2)CC1)c1ncnn1C. The highest BCUT2D eigenvalue weighted by Gasteiger charge is 2.24. The van der Waals surface area contributed by atoms with Crippen LogP contribution in [0.1, 0.15) is 37.2 Å². The molecule has 0 radical (unpaired) electrons. The molecule has 0 aliphatic carbocycles. The lowest BCUT2D eigenvalue weighted by atomic mass is 9.90. The Hall–Kier alpha value is -2.44. The van der Waals surface area contributed by atoms with E-state index in [0.717, 1.165) is 43.7 Å². The molecule has 3 rings (SSSR count). The molecule has 1 N–H and O–H groups in total. The van der Waals surface area contributed by atoms with Crippen molar-refractivity contribution in [3.05, 3.63) is 47.8 Å². The van der Waals surface area contributed by atoms with Gasteiger partial charge in [0.15, 0.2) is 0 Å². The lowest BCUT2D eigenvalue weighted by Crippen LogP contribution is -2.45. The second-order valence-electron chi connectivity index (χ2n) is 6.68. The summed E-state index contributed by atoms with van der Waals surface area (Å²) in [6.07, 6.45) is 4.21. The molecule has 0 spiro atoms. The van der Waals surface area contributed by atoms with Crippen LogP contribution in [0.15, 0.2) is 30.6 Å². The minimum Gasteiger partial charge on any atom is -0.328 e. The predicted octanol–water partition coefficient (Wildman–Crippen LogP) is 2.68. The molecule has 1 aromatic carbocycles. The molecule has 1 fully saturated rings. The number of nitrogens with zero attached hydrogens (tertiary/aromatic N) is 4. The third-order valence-corrected chi connectivity index (χ3v) is 4.79. The van der Waals surface area contributed by atoms with Gasteiger partial charge in [0, 0.05) is 20.1 Å². The van der Waals surface area contributed by atoms with Crippen LogP contribution >= 0.6 is 0 Å². The molecule has 2 aromatic rings. The fourth-order valence-electron chi connectivity index (χ4n) is 3.38. The van der Waals surface area contributed by atoms with Crippen LogP contribution in [0.4, 0.5) is 9.18 Å². The van der Waals surface area contributed by atoms with Crippen molar-refractivity contribution in [2.75, 3.05) is 13.1 Å². The monoisotopic (exact) mass is 345 g/mol. The fraction of sp³-hybridized carbons (Fsp3) is 0.500. The summed E-state index contributed by atoms with van der Waals surface area (Å²) >= 11 is 0. The van der Waals surface area contributed by atoms with E-state index < -0.39 is 0 Å². The van der Waals surface area contributed by atoms with E-state index in [-0.39, 0.29) is 17.9 Å². The second-order valence-corrected chi connectivity index (χ2v) is 6.68. The zero-order valence-electron chi connectivity index (χ0n) is 14.7. The van der Waals surface area contributed by atoms with Crippen molar-refractivity contribution in [2.45, 2.75) is 32.2 Å². The number of aryl methyl sites for hydroxylation is 1. The number of hydrogen-bond acceptors (Lipinski definition) is 3. The third kappa shape index (κ3) is 4.35. The lowest BCUT2D eigenvalue weighted by Gasteiger charge is -2.32. The first-order valence-corrected chi connectivity index (χ1v) is 8.66. The summed E-state index contributed by atoms with van der Waals surface area (Å²) in [5.74, 6) is 1.03. The maximum atomic E-state index is 13.3. The zero-order chi connectivity index (χ0) is 17.8. The Morgan fingerprint density at radius 1 is 1.40 bits per heavy atom. The molecule has 0 saturated carbocycles. The van der Waals surface area contributed by atoms with Crippen LogP contribution in [0.5, 0.6) is 0 Å². The van der Waals surface area contributed by atoms with Crippen LogP contribution < -0.4 is 5.32 Å². The summed E-state index contributed by atoms with van der Waals surface area (Å²) in [6, 6.07) is 6.52. The average Bonchev–Trinajstić information content (AvgIpc) is 3.01. The van der Waals surface area contributed by atoms with Gasteiger partial charge in [-0.25, -0.2) is 14.2 Å². The van der Waals surface area contributed by atoms with Crippen LogP contribution in [0.25, 0.3) is 0 Å². The highest BCUT2D eigenvalue weighted by Crippen LogP contribution is 2.22. The molecule has 2 amide bonds. The highest BCUT2D eigenvalue weighted by molar-refractivity contribution is 5.74. The van der Waals surface area contributed by atoms with Gasteiger partial charge in [-0.1, -0.05) is 12.1 Å². The summed E-state index contributed by atoms with van der Waals surface area (Å²) in [5.41, 5.74) is 1.03. The minimum absolute atomic E-state index is 0.0697. The number of hydrogen-bond donors (Lipinski definition) is 1. The van der Waals surface area contributed by atoms with E-state index in [1.165, 1.54) is 12.4 Å². The molecule has 2 heterocycles. The molecule has 1 aromatic heterocycles.